The third kappa shape index (κ3) is 2.71. The zero-order chi connectivity index (χ0) is 14.7. The van der Waals surface area contributed by atoms with Crippen LogP contribution in [0.15, 0.2) is 36.4 Å². The zero-order valence-electron chi connectivity index (χ0n) is 11.3. The van der Waals surface area contributed by atoms with Crippen molar-refractivity contribution in [1.82, 2.24) is 4.57 Å². The third-order valence-electron chi connectivity index (χ3n) is 3.14. The number of carboxylic acid groups (broad SMARTS) is 1. The van der Waals surface area contributed by atoms with E-state index in [4.69, 9.17) is 9.84 Å². The Balaban J connectivity index is 2.28. The van der Waals surface area contributed by atoms with Crippen LogP contribution in [-0.4, -0.2) is 28.5 Å². The maximum Gasteiger partial charge on any atom is 0.309 e. The van der Waals surface area contributed by atoms with Crippen LogP contribution in [0.1, 0.15) is 21.7 Å². The molecular formula is C15H15NO4. The molecule has 0 saturated heterocycles. The first-order valence-electron chi connectivity index (χ1n) is 6.08. The van der Waals surface area contributed by atoms with Crippen LogP contribution in [0.2, 0.25) is 0 Å². The first kappa shape index (κ1) is 13.9. The van der Waals surface area contributed by atoms with Gasteiger partial charge in [0.05, 0.1) is 19.2 Å². The molecule has 2 rings (SSSR count). The molecule has 1 aromatic carbocycles. The smallest absolute Gasteiger partial charge is 0.309 e. The van der Waals surface area contributed by atoms with Gasteiger partial charge in [-0.15, -0.1) is 0 Å². The molecule has 0 amide bonds. The van der Waals surface area contributed by atoms with Gasteiger partial charge in [0.25, 0.3) is 0 Å². The zero-order valence-corrected chi connectivity index (χ0v) is 11.3. The molecule has 0 unspecified atom stereocenters. The lowest BCUT2D eigenvalue weighted by atomic mass is 10.1. The van der Waals surface area contributed by atoms with Crippen LogP contribution in [-0.2, 0) is 18.3 Å². The fraction of sp³-hybridized carbons (Fsp3) is 0.200. The second-order valence-corrected chi connectivity index (χ2v) is 4.40. The highest BCUT2D eigenvalue weighted by atomic mass is 16.5. The molecule has 0 fully saturated rings. The summed E-state index contributed by atoms with van der Waals surface area (Å²) in [6.45, 7) is 0. The number of benzene rings is 1. The molecule has 0 aliphatic heterocycles. The standard InChI is InChI=1S/C15H15NO4/c1-16-11(9-14(17)18)5-8-13(16)15(19)10-3-6-12(20-2)7-4-10/h3-8H,9H2,1-2H3,(H,17,18). The van der Waals surface area contributed by atoms with Crippen molar-refractivity contribution < 1.29 is 19.4 Å². The molecule has 104 valence electrons. The number of ketones is 1. The molecule has 0 spiro atoms. The van der Waals surface area contributed by atoms with E-state index in [2.05, 4.69) is 0 Å². The number of hydrogen-bond acceptors (Lipinski definition) is 3. The Morgan fingerprint density at radius 3 is 2.35 bits per heavy atom. The molecule has 1 N–H and O–H groups in total. The van der Waals surface area contributed by atoms with E-state index in [1.807, 2.05) is 0 Å². The molecule has 0 radical (unpaired) electrons. The summed E-state index contributed by atoms with van der Waals surface area (Å²) in [6.07, 6.45) is -0.105. The predicted octanol–water partition coefficient (Wildman–Crippen LogP) is 1.89. The SMILES string of the molecule is COc1ccc(C(=O)c2ccc(CC(=O)O)n2C)cc1. The van der Waals surface area contributed by atoms with Crippen molar-refractivity contribution in [3.8, 4) is 5.75 Å². The first-order valence-corrected chi connectivity index (χ1v) is 6.08. The highest BCUT2D eigenvalue weighted by Gasteiger charge is 2.15. The molecule has 0 saturated carbocycles. The van der Waals surface area contributed by atoms with Crippen LogP contribution in [0.4, 0.5) is 0 Å². The summed E-state index contributed by atoms with van der Waals surface area (Å²) in [5.41, 5.74) is 1.59. The summed E-state index contributed by atoms with van der Waals surface area (Å²) in [5, 5.41) is 8.80. The number of ether oxygens (including phenoxy) is 1. The summed E-state index contributed by atoms with van der Waals surface area (Å²) < 4.78 is 6.66. The van der Waals surface area contributed by atoms with Gasteiger partial charge in [0, 0.05) is 18.3 Å². The van der Waals surface area contributed by atoms with E-state index in [9.17, 15) is 9.59 Å². The summed E-state index contributed by atoms with van der Waals surface area (Å²) >= 11 is 0. The number of aliphatic carboxylic acids is 1. The maximum atomic E-state index is 12.4. The molecule has 20 heavy (non-hydrogen) atoms. The van der Waals surface area contributed by atoms with Gasteiger partial charge in [0.2, 0.25) is 5.78 Å². The molecule has 0 aliphatic rings. The Morgan fingerprint density at radius 1 is 1.15 bits per heavy atom. The van der Waals surface area contributed by atoms with E-state index in [1.54, 1.807) is 55.1 Å². The van der Waals surface area contributed by atoms with Gasteiger partial charge in [-0.3, -0.25) is 9.59 Å². The highest BCUT2D eigenvalue weighted by molar-refractivity contribution is 6.08. The maximum absolute atomic E-state index is 12.4. The lowest BCUT2D eigenvalue weighted by Crippen LogP contribution is -2.11. The second-order valence-electron chi connectivity index (χ2n) is 4.40. The van der Waals surface area contributed by atoms with Gasteiger partial charge in [0.15, 0.2) is 0 Å². The van der Waals surface area contributed by atoms with Crippen molar-refractivity contribution in [3.63, 3.8) is 0 Å². The lowest BCUT2D eigenvalue weighted by Gasteiger charge is -2.06. The van der Waals surface area contributed by atoms with Crippen molar-refractivity contribution in [2.45, 2.75) is 6.42 Å². The first-order chi connectivity index (χ1) is 9.52. The number of carbonyl (C=O) groups excluding carboxylic acids is 1. The van der Waals surface area contributed by atoms with Crippen molar-refractivity contribution in [2.24, 2.45) is 7.05 Å². The highest BCUT2D eigenvalue weighted by Crippen LogP contribution is 2.17. The molecule has 0 atom stereocenters. The minimum absolute atomic E-state index is 0.105. The number of hydrogen-bond donors (Lipinski definition) is 1. The van der Waals surface area contributed by atoms with Crippen LogP contribution in [0.25, 0.3) is 0 Å². The van der Waals surface area contributed by atoms with Crippen molar-refractivity contribution >= 4 is 11.8 Å². The summed E-state index contributed by atoms with van der Waals surface area (Å²) in [4.78, 5) is 23.1. The van der Waals surface area contributed by atoms with Gasteiger partial charge in [-0.05, 0) is 36.4 Å². The number of nitrogens with zero attached hydrogens (tertiary/aromatic N) is 1. The number of carboxylic acids is 1. The van der Waals surface area contributed by atoms with Crippen molar-refractivity contribution in [1.29, 1.82) is 0 Å². The van der Waals surface area contributed by atoms with E-state index in [0.717, 1.165) is 0 Å². The van der Waals surface area contributed by atoms with Crippen LogP contribution in [0, 0.1) is 0 Å². The Kier molecular flexibility index (Phi) is 3.89. The molecule has 1 heterocycles. The van der Waals surface area contributed by atoms with Crippen molar-refractivity contribution in [2.75, 3.05) is 7.11 Å². The van der Waals surface area contributed by atoms with Gasteiger partial charge in [-0.1, -0.05) is 0 Å². The average molecular weight is 273 g/mol. The quantitative estimate of drug-likeness (QED) is 0.845. The summed E-state index contributed by atoms with van der Waals surface area (Å²) in [5.74, 6) is -0.388. The Labute approximate surface area is 116 Å². The second kappa shape index (κ2) is 5.61. The third-order valence-corrected chi connectivity index (χ3v) is 3.14. The molecule has 0 bridgehead atoms. The van der Waals surface area contributed by atoms with Gasteiger partial charge >= 0.3 is 5.97 Å². The van der Waals surface area contributed by atoms with Crippen LogP contribution in [0.3, 0.4) is 0 Å². The molecular weight excluding hydrogens is 258 g/mol. The predicted molar refractivity (Wildman–Crippen MR) is 73.2 cm³/mol. The fourth-order valence-electron chi connectivity index (χ4n) is 2.00. The normalized spacial score (nSPS) is 10.3. The van der Waals surface area contributed by atoms with Gasteiger partial charge in [-0.2, -0.15) is 0 Å². The largest absolute Gasteiger partial charge is 0.497 e. The number of aromatic nitrogens is 1. The minimum atomic E-state index is -0.922. The number of methoxy groups -OCH3 is 1. The molecule has 5 heteroatoms. The van der Waals surface area contributed by atoms with E-state index in [1.165, 1.54) is 0 Å². The summed E-state index contributed by atoms with van der Waals surface area (Å²) in [6, 6.07) is 10.1. The van der Waals surface area contributed by atoms with E-state index in [0.29, 0.717) is 22.7 Å². The van der Waals surface area contributed by atoms with E-state index in [-0.39, 0.29) is 12.2 Å². The molecule has 1 aromatic heterocycles. The molecule has 5 nitrogen and oxygen atoms in total. The van der Waals surface area contributed by atoms with Gasteiger partial charge in [0.1, 0.15) is 5.75 Å². The topological polar surface area (TPSA) is 68.5 Å². The van der Waals surface area contributed by atoms with Crippen molar-refractivity contribution in [3.05, 3.63) is 53.3 Å². The average Bonchev–Trinajstić information content (AvgIpc) is 2.79. The minimum Gasteiger partial charge on any atom is -0.497 e. The number of carbonyl (C=O) groups is 2. The Bertz CT molecular complexity index is 640. The van der Waals surface area contributed by atoms with E-state index < -0.39 is 5.97 Å². The lowest BCUT2D eigenvalue weighted by molar-refractivity contribution is -0.136. The summed E-state index contributed by atoms with van der Waals surface area (Å²) in [7, 11) is 3.25. The Hall–Kier alpha value is -2.56. The van der Waals surface area contributed by atoms with Gasteiger partial charge < -0.3 is 14.4 Å². The molecule has 0 aliphatic carbocycles. The molecule has 2 aromatic rings. The fourth-order valence-corrected chi connectivity index (χ4v) is 2.00. The van der Waals surface area contributed by atoms with Crippen LogP contribution >= 0.6 is 0 Å². The van der Waals surface area contributed by atoms with E-state index >= 15 is 0 Å². The monoisotopic (exact) mass is 273 g/mol. The number of rotatable bonds is 5. The van der Waals surface area contributed by atoms with Crippen LogP contribution in [0.5, 0.6) is 5.75 Å². The van der Waals surface area contributed by atoms with Gasteiger partial charge in [-0.25, -0.2) is 0 Å². The van der Waals surface area contributed by atoms with Crippen LogP contribution < -0.4 is 4.74 Å². The Morgan fingerprint density at radius 2 is 1.80 bits per heavy atom.